The van der Waals surface area contributed by atoms with E-state index in [2.05, 4.69) is 47.2 Å². The molecule has 2 aromatic heterocycles. The fourth-order valence-corrected chi connectivity index (χ4v) is 4.04. The van der Waals surface area contributed by atoms with Gasteiger partial charge in [0.1, 0.15) is 11.6 Å². The molecule has 9 heteroatoms. The molecule has 1 fully saturated rings. The zero-order valence-corrected chi connectivity index (χ0v) is 17.7. The number of aliphatic hydroxyl groups excluding tert-OH is 1. The average Bonchev–Trinajstić information content (AvgIpc) is 2.76. The molecule has 8 nitrogen and oxygen atoms in total. The number of benzene rings is 1. The van der Waals surface area contributed by atoms with Crippen LogP contribution in [0.2, 0.25) is 0 Å². The van der Waals surface area contributed by atoms with Crippen LogP contribution in [0.4, 0.5) is 17.7 Å². The second kappa shape index (κ2) is 9.84. The van der Waals surface area contributed by atoms with Gasteiger partial charge in [0.2, 0.25) is 11.9 Å². The number of piperazine rings is 1. The summed E-state index contributed by atoms with van der Waals surface area (Å²) in [6.45, 7) is 6.19. The molecule has 156 valence electrons. The Morgan fingerprint density at radius 2 is 1.77 bits per heavy atom. The lowest BCUT2D eigenvalue weighted by Crippen LogP contribution is -2.47. The van der Waals surface area contributed by atoms with E-state index in [-0.39, 0.29) is 6.61 Å². The van der Waals surface area contributed by atoms with Crippen molar-refractivity contribution in [2.75, 3.05) is 49.5 Å². The lowest BCUT2D eigenvalue weighted by Gasteiger charge is -2.34. The van der Waals surface area contributed by atoms with Crippen molar-refractivity contribution >= 4 is 29.5 Å². The Labute approximate surface area is 180 Å². The van der Waals surface area contributed by atoms with Gasteiger partial charge in [-0.25, -0.2) is 4.98 Å². The Hall–Kier alpha value is -2.75. The summed E-state index contributed by atoms with van der Waals surface area (Å²) >= 11 is 1.67. The molecule has 2 N–H and O–H groups in total. The maximum Gasteiger partial charge on any atom is 0.233 e. The van der Waals surface area contributed by atoms with Crippen LogP contribution >= 0.6 is 11.8 Å². The fraction of sp³-hybridized carbons (Fsp3) is 0.333. The maximum atomic E-state index is 9.10. The standard InChI is InChI=1S/C21H25N7OS/c1-16-23-20(26-21(24-16)28-11-9-27(10-12-28)13-14-29)25-19-8-7-18(15-22-19)30-17-5-3-2-4-6-17/h2-8,15,29H,9-14H2,1H3,(H,22,23,24,25,26). The minimum Gasteiger partial charge on any atom is -0.395 e. The Bertz CT molecular complexity index is 947. The van der Waals surface area contributed by atoms with Gasteiger partial charge < -0.3 is 15.3 Å². The van der Waals surface area contributed by atoms with Gasteiger partial charge in [-0.3, -0.25) is 4.90 Å². The van der Waals surface area contributed by atoms with E-state index in [0.717, 1.165) is 31.1 Å². The van der Waals surface area contributed by atoms with E-state index in [1.807, 2.05) is 43.5 Å². The molecule has 0 unspecified atom stereocenters. The van der Waals surface area contributed by atoms with Crippen LogP contribution in [0.15, 0.2) is 58.5 Å². The van der Waals surface area contributed by atoms with Gasteiger partial charge in [-0.2, -0.15) is 15.0 Å². The molecule has 0 amide bonds. The zero-order valence-electron chi connectivity index (χ0n) is 16.9. The second-order valence-electron chi connectivity index (χ2n) is 6.98. The molecular formula is C21H25N7OS. The molecule has 30 heavy (non-hydrogen) atoms. The number of aryl methyl sites for hydroxylation is 1. The van der Waals surface area contributed by atoms with Crippen LogP contribution in [0.5, 0.6) is 0 Å². The number of anilines is 3. The maximum absolute atomic E-state index is 9.10. The molecular weight excluding hydrogens is 398 g/mol. The van der Waals surface area contributed by atoms with E-state index in [1.165, 1.54) is 4.90 Å². The quantitative estimate of drug-likeness (QED) is 0.595. The molecule has 0 aliphatic carbocycles. The number of nitrogens with zero attached hydrogens (tertiary/aromatic N) is 6. The summed E-state index contributed by atoms with van der Waals surface area (Å²) in [6.07, 6.45) is 1.84. The van der Waals surface area contributed by atoms with Gasteiger partial charge in [-0.15, -0.1) is 0 Å². The van der Waals surface area contributed by atoms with E-state index in [1.54, 1.807) is 11.8 Å². The number of hydrogen-bond donors (Lipinski definition) is 2. The van der Waals surface area contributed by atoms with E-state index in [0.29, 0.717) is 30.1 Å². The summed E-state index contributed by atoms with van der Waals surface area (Å²) in [4.78, 5) is 24.6. The van der Waals surface area contributed by atoms with Gasteiger partial charge in [0.25, 0.3) is 0 Å². The van der Waals surface area contributed by atoms with Crippen molar-refractivity contribution in [3.8, 4) is 0 Å². The SMILES string of the molecule is Cc1nc(Nc2ccc(Sc3ccccc3)cn2)nc(N2CCN(CCO)CC2)n1. The van der Waals surface area contributed by atoms with Crippen LogP contribution in [-0.4, -0.2) is 69.3 Å². The molecule has 3 heterocycles. The first-order chi connectivity index (χ1) is 14.7. The molecule has 0 saturated carbocycles. The minimum absolute atomic E-state index is 0.189. The fourth-order valence-electron chi connectivity index (χ4n) is 3.23. The first-order valence-electron chi connectivity index (χ1n) is 9.96. The van der Waals surface area contributed by atoms with Crippen molar-refractivity contribution in [2.45, 2.75) is 16.7 Å². The molecule has 0 radical (unpaired) electrons. The van der Waals surface area contributed by atoms with Crippen LogP contribution in [-0.2, 0) is 0 Å². The second-order valence-corrected chi connectivity index (χ2v) is 8.12. The van der Waals surface area contributed by atoms with Gasteiger partial charge in [0.15, 0.2) is 0 Å². The normalized spacial score (nSPS) is 14.7. The third kappa shape index (κ3) is 5.44. The molecule has 1 aliphatic heterocycles. The lowest BCUT2D eigenvalue weighted by molar-refractivity contribution is 0.188. The summed E-state index contributed by atoms with van der Waals surface area (Å²) < 4.78 is 0. The smallest absolute Gasteiger partial charge is 0.233 e. The van der Waals surface area contributed by atoms with Crippen molar-refractivity contribution in [3.05, 3.63) is 54.5 Å². The molecule has 0 spiro atoms. The van der Waals surface area contributed by atoms with Crippen LogP contribution < -0.4 is 10.2 Å². The molecule has 3 aromatic rings. The third-order valence-electron chi connectivity index (χ3n) is 4.76. The molecule has 0 bridgehead atoms. The Morgan fingerprint density at radius 3 is 2.47 bits per heavy atom. The van der Waals surface area contributed by atoms with Crippen LogP contribution in [0, 0.1) is 6.92 Å². The van der Waals surface area contributed by atoms with Crippen LogP contribution in [0.1, 0.15) is 5.82 Å². The Balaban J connectivity index is 1.41. The molecule has 0 atom stereocenters. The van der Waals surface area contributed by atoms with Crippen molar-refractivity contribution in [1.29, 1.82) is 0 Å². The number of β-amino-alcohol motifs (C(OH)–C–C–N with tert-alkyl or cyclic N) is 1. The summed E-state index contributed by atoms with van der Waals surface area (Å²) in [5.74, 6) is 2.52. The summed E-state index contributed by atoms with van der Waals surface area (Å²) in [6, 6.07) is 14.2. The van der Waals surface area contributed by atoms with Gasteiger partial charge in [0.05, 0.1) is 6.61 Å². The highest BCUT2D eigenvalue weighted by Crippen LogP contribution is 2.27. The minimum atomic E-state index is 0.189. The number of rotatable bonds is 7. The van der Waals surface area contributed by atoms with Crippen molar-refractivity contribution < 1.29 is 5.11 Å². The molecule has 1 aliphatic rings. The largest absolute Gasteiger partial charge is 0.395 e. The van der Waals surface area contributed by atoms with E-state index in [9.17, 15) is 0 Å². The number of nitrogens with one attached hydrogen (secondary N) is 1. The summed E-state index contributed by atoms with van der Waals surface area (Å²) in [7, 11) is 0. The van der Waals surface area contributed by atoms with Crippen molar-refractivity contribution in [1.82, 2.24) is 24.8 Å². The lowest BCUT2D eigenvalue weighted by atomic mass is 10.3. The van der Waals surface area contributed by atoms with Gasteiger partial charge >= 0.3 is 0 Å². The Morgan fingerprint density at radius 1 is 0.967 bits per heavy atom. The zero-order chi connectivity index (χ0) is 20.8. The van der Waals surface area contributed by atoms with Crippen molar-refractivity contribution in [2.24, 2.45) is 0 Å². The summed E-state index contributed by atoms with van der Waals surface area (Å²) in [5.41, 5.74) is 0. The topological polar surface area (TPSA) is 90.3 Å². The predicted octanol–water partition coefficient (Wildman–Crippen LogP) is 2.58. The third-order valence-corrected chi connectivity index (χ3v) is 5.75. The van der Waals surface area contributed by atoms with Gasteiger partial charge in [0, 0.05) is 48.7 Å². The number of aromatic nitrogens is 4. The first-order valence-corrected chi connectivity index (χ1v) is 10.8. The molecule has 4 rings (SSSR count). The van der Waals surface area contributed by atoms with E-state index < -0.39 is 0 Å². The first kappa shape index (κ1) is 20.5. The van der Waals surface area contributed by atoms with Gasteiger partial charge in [-0.1, -0.05) is 30.0 Å². The molecule has 1 saturated heterocycles. The number of hydrogen-bond acceptors (Lipinski definition) is 9. The number of aliphatic hydroxyl groups is 1. The highest BCUT2D eigenvalue weighted by Gasteiger charge is 2.19. The predicted molar refractivity (Wildman–Crippen MR) is 118 cm³/mol. The van der Waals surface area contributed by atoms with E-state index >= 15 is 0 Å². The van der Waals surface area contributed by atoms with Gasteiger partial charge in [-0.05, 0) is 31.2 Å². The monoisotopic (exact) mass is 423 g/mol. The van der Waals surface area contributed by atoms with E-state index in [4.69, 9.17) is 5.11 Å². The summed E-state index contributed by atoms with van der Waals surface area (Å²) in [5, 5.41) is 12.3. The van der Waals surface area contributed by atoms with Crippen molar-refractivity contribution in [3.63, 3.8) is 0 Å². The Kier molecular flexibility index (Phi) is 6.73. The molecule has 1 aromatic carbocycles. The number of pyridine rings is 1. The average molecular weight is 424 g/mol. The van der Waals surface area contributed by atoms with Crippen LogP contribution in [0.3, 0.4) is 0 Å². The van der Waals surface area contributed by atoms with Crippen LogP contribution in [0.25, 0.3) is 0 Å². The highest BCUT2D eigenvalue weighted by molar-refractivity contribution is 7.99. The highest BCUT2D eigenvalue weighted by atomic mass is 32.2.